The lowest BCUT2D eigenvalue weighted by Gasteiger charge is -2.35. The summed E-state index contributed by atoms with van der Waals surface area (Å²) in [5, 5.41) is 2.84. The quantitative estimate of drug-likeness (QED) is 0.419. The maximum atomic E-state index is 14.8. The van der Waals surface area contributed by atoms with Crippen LogP contribution in [0.25, 0.3) is 10.8 Å². The Hall–Kier alpha value is -3.88. The molecule has 0 bridgehead atoms. The van der Waals surface area contributed by atoms with Crippen LogP contribution in [0.15, 0.2) is 58.1 Å². The Balaban J connectivity index is 1.63. The lowest BCUT2D eigenvalue weighted by molar-refractivity contribution is 0.0900. The van der Waals surface area contributed by atoms with Crippen molar-refractivity contribution >= 4 is 16.7 Å². The van der Waals surface area contributed by atoms with E-state index in [0.29, 0.717) is 11.3 Å². The minimum atomic E-state index is -0.759. The van der Waals surface area contributed by atoms with E-state index in [1.165, 1.54) is 41.3 Å². The Morgan fingerprint density at radius 1 is 1.20 bits per heavy atom. The molecule has 2 aromatic heterocycles. The molecule has 2 heterocycles. The molecule has 1 aliphatic rings. The van der Waals surface area contributed by atoms with Gasteiger partial charge in [-0.1, -0.05) is 18.6 Å². The normalized spacial score (nSPS) is 14.6. The Morgan fingerprint density at radius 2 is 1.94 bits per heavy atom. The molecule has 0 unspecified atom stereocenters. The molecule has 1 N–H and O–H groups in total. The second-order valence-electron chi connectivity index (χ2n) is 8.78. The smallest absolute Gasteiger partial charge is 0.262 e. The van der Waals surface area contributed by atoms with E-state index in [4.69, 9.17) is 4.42 Å². The molecule has 1 aliphatic carbocycles. The zero-order valence-corrected chi connectivity index (χ0v) is 18.9. The number of nitrogens with one attached hydrogen (secondary N) is 1. The zero-order valence-electron chi connectivity index (χ0n) is 18.9. The molecule has 1 saturated carbocycles. The molecule has 0 spiro atoms. The summed E-state index contributed by atoms with van der Waals surface area (Å²) < 4.78 is 49.3. The molecule has 0 radical (unpaired) electrons. The highest BCUT2D eigenvalue weighted by Crippen LogP contribution is 2.38. The lowest BCUT2D eigenvalue weighted by Crippen LogP contribution is -2.38. The Bertz CT molecular complexity index is 1460. The van der Waals surface area contributed by atoms with Crippen molar-refractivity contribution in [2.75, 3.05) is 0 Å². The van der Waals surface area contributed by atoms with Gasteiger partial charge in [-0.2, -0.15) is 0 Å². The minimum Gasteiger partial charge on any atom is -0.447 e. The number of aromatic nitrogens is 2. The summed E-state index contributed by atoms with van der Waals surface area (Å²) in [7, 11) is 0. The minimum absolute atomic E-state index is 0.00156. The predicted octanol–water partition coefficient (Wildman–Crippen LogP) is 5.03. The molecule has 5 rings (SSSR count). The number of halogens is 3. The van der Waals surface area contributed by atoms with Gasteiger partial charge in [-0.25, -0.2) is 18.2 Å². The topological polar surface area (TPSA) is 77.1 Å². The lowest BCUT2D eigenvalue weighted by atomic mass is 9.77. The molecular weight excluding hydrogens is 459 g/mol. The summed E-state index contributed by atoms with van der Waals surface area (Å²) in [5.41, 5.74) is 0.100. The van der Waals surface area contributed by atoms with E-state index in [1.54, 1.807) is 6.92 Å². The van der Waals surface area contributed by atoms with Gasteiger partial charge < -0.3 is 14.3 Å². The molecule has 2 aromatic carbocycles. The molecule has 1 fully saturated rings. The summed E-state index contributed by atoms with van der Waals surface area (Å²) in [4.78, 5) is 30.9. The number of fused-ring (bicyclic) bond motifs is 1. The highest BCUT2D eigenvalue weighted by Gasteiger charge is 2.32. The second kappa shape index (κ2) is 9.05. The standard InChI is InChI=1S/C26H22F3N3O3/c1-14-22(25(33)31-24(15-4-2-5-15)16-10-17(27)12-18(28)11-16)19-6-3-7-20(29)23(19)26(34)32(14)13-21-30-8-9-35-21/h3,6-12,15,24H,2,4-5,13H2,1H3,(H,31,33)/t24-/m0/s1. The first-order valence-electron chi connectivity index (χ1n) is 11.3. The van der Waals surface area contributed by atoms with Gasteiger partial charge in [0.2, 0.25) is 5.89 Å². The van der Waals surface area contributed by atoms with Crippen LogP contribution < -0.4 is 10.9 Å². The van der Waals surface area contributed by atoms with E-state index in [-0.39, 0.29) is 34.7 Å². The van der Waals surface area contributed by atoms with Gasteiger partial charge in [0.15, 0.2) is 0 Å². The fourth-order valence-electron chi connectivity index (χ4n) is 4.72. The second-order valence-corrected chi connectivity index (χ2v) is 8.78. The predicted molar refractivity (Wildman–Crippen MR) is 122 cm³/mol. The van der Waals surface area contributed by atoms with Gasteiger partial charge in [0.1, 0.15) is 30.3 Å². The Morgan fingerprint density at radius 3 is 2.57 bits per heavy atom. The van der Waals surface area contributed by atoms with Crippen LogP contribution in [0.4, 0.5) is 13.2 Å². The van der Waals surface area contributed by atoms with Crippen LogP contribution in [-0.2, 0) is 6.54 Å². The van der Waals surface area contributed by atoms with E-state index < -0.39 is 35.0 Å². The van der Waals surface area contributed by atoms with Crippen molar-refractivity contribution in [1.82, 2.24) is 14.9 Å². The third kappa shape index (κ3) is 4.22. The van der Waals surface area contributed by atoms with Crippen molar-refractivity contribution in [3.05, 3.63) is 99.4 Å². The third-order valence-corrected chi connectivity index (χ3v) is 6.66. The van der Waals surface area contributed by atoms with Crippen LogP contribution in [0.1, 0.15) is 52.8 Å². The summed E-state index contributed by atoms with van der Waals surface area (Å²) in [6, 6.07) is 6.65. The number of carbonyl (C=O) groups excluding carboxylic acids is 1. The van der Waals surface area contributed by atoms with Gasteiger partial charge in [0.25, 0.3) is 11.5 Å². The number of oxazole rings is 1. The average molecular weight is 481 g/mol. The van der Waals surface area contributed by atoms with Crippen LogP contribution in [0.3, 0.4) is 0 Å². The molecule has 0 aliphatic heterocycles. The van der Waals surface area contributed by atoms with Crippen LogP contribution in [0.2, 0.25) is 0 Å². The number of pyridine rings is 1. The first-order valence-corrected chi connectivity index (χ1v) is 11.3. The number of hydrogen-bond donors (Lipinski definition) is 1. The van der Waals surface area contributed by atoms with Crippen molar-refractivity contribution in [1.29, 1.82) is 0 Å². The summed E-state index contributed by atoms with van der Waals surface area (Å²) in [6.45, 7) is 1.49. The molecular formula is C26H22F3N3O3. The highest BCUT2D eigenvalue weighted by atomic mass is 19.1. The summed E-state index contributed by atoms with van der Waals surface area (Å²) in [5.74, 6) is -2.57. The average Bonchev–Trinajstić information content (AvgIpc) is 3.27. The SMILES string of the molecule is Cc1c(C(=O)N[C@H](c2cc(F)cc(F)c2)C2CCC2)c2cccc(F)c2c(=O)n1Cc1ncco1. The van der Waals surface area contributed by atoms with E-state index in [2.05, 4.69) is 10.3 Å². The van der Waals surface area contributed by atoms with Crippen LogP contribution in [-0.4, -0.2) is 15.5 Å². The number of hydrogen-bond acceptors (Lipinski definition) is 4. The van der Waals surface area contributed by atoms with Gasteiger partial charge in [0, 0.05) is 17.1 Å². The molecule has 6 nitrogen and oxygen atoms in total. The van der Waals surface area contributed by atoms with Crippen molar-refractivity contribution in [2.45, 2.75) is 38.8 Å². The first kappa shape index (κ1) is 22.9. The molecule has 1 atom stereocenters. The maximum Gasteiger partial charge on any atom is 0.262 e. The number of rotatable bonds is 6. The van der Waals surface area contributed by atoms with E-state index in [9.17, 15) is 22.8 Å². The van der Waals surface area contributed by atoms with Gasteiger partial charge in [-0.15, -0.1) is 0 Å². The van der Waals surface area contributed by atoms with Crippen molar-refractivity contribution < 1.29 is 22.4 Å². The number of benzene rings is 2. The molecule has 4 aromatic rings. The monoisotopic (exact) mass is 481 g/mol. The van der Waals surface area contributed by atoms with Crippen LogP contribution >= 0.6 is 0 Å². The number of carbonyl (C=O) groups is 1. The zero-order chi connectivity index (χ0) is 24.7. The molecule has 35 heavy (non-hydrogen) atoms. The van der Waals surface area contributed by atoms with Crippen molar-refractivity contribution in [3.8, 4) is 0 Å². The van der Waals surface area contributed by atoms with Gasteiger partial charge in [0.05, 0.1) is 23.2 Å². The van der Waals surface area contributed by atoms with Gasteiger partial charge in [-0.05, 0) is 49.4 Å². The molecule has 0 saturated heterocycles. The van der Waals surface area contributed by atoms with Gasteiger partial charge >= 0.3 is 0 Å². The number of amides is 1. The Kier molecular flexibility index (Phi) is 5.92. The summed E-state index contributed by atoms with van der Waals surface area (Å²) in [6.07, 6.45) is 5.31. The largest absolute Gasteiger partial charge is 0.447 e. The summed E-state index contributed by atoms with van der Waals surface area (Å²) >= 11 is 0. The number of nitrogens with zero attached hydrogens (tertiary/aromatic N) is 2. The highest BCUT2D eigenvalue weighted by molar-refractivity contribution is 6.08. The van der Waals surface area contributed by atoms with Crippen LogP contribution in [0, 0.1) is 30.3 Å². The maximum absolute atomic E-state index is 14.8. The van der Waals surface area contributed by atoms with Gasteiger partial charge in [-0.3, -0.25) is 9.59 Å². The third-order valence-electron chi connectivity index (χ3n) is 6.66. The fourth-order valence-corrected chi connectivity index (χ4v) is 4.72. The van der Waals surface area contributed by atoms with Crippen LogP contribution in [0.5, 0.6) is 0 Å². The van der Waals surface area contributed by atoms with E-state index in [0.717, 1.165) is 31.4 Å². The molecule has 1 amide bonds. The Labute approximate surface area is 198 Å². The molecule has 9 heteroatoms. The fraction of sp³-hybridized carbons (Fsp3) is 0.269. The van der Waals surface area contributed by atoms with E-state index >= 15 is 0 Å². The van der Waals surface area contributed by atoms with E-state index in [1.807, 2.05) is 0 Å². The first-order chi connectivity index (χ1) is 16.8. The van der Waals surface area contributed by atoms with Crippen molar-refractivity contribution in [3.63, 3.8) is 0 Å². The van der Waals surface area contributed by atoms with Crippen molar-refractivity contribution in [2.24, 2.45) is 5.92 Å². The molecule has 180 valence electrons.